The highest BCUT2D eigenvalue weighted by Crippen LogP contribution is 2.35. The monoisotopic (exact) mass is 363 g/mol. The molecule has 0 fully saturated rings. The Labute approximate surface area is 157 Å². The van der Waals surface area contributed by atoms with Gasteiger partial charge in [0, 0.05) is 18.7 Å². The fourth-order valence-electron chi connectivity index (χ4n) is 2.76. The highest BCUT2D eigenvalue weighted by Gasteiger charge is 2.22. The first kappa shape index (κ1) is 22.0. The molecule has 0 N–H and O–H groups in total. The van der Waals surface area contributed by atoms with Crippen LogP contribution in [0.1, 0.15) is 77.0 Å². The standard InChI is InChI=1S/C21H33NO4/c1-8-22(9-2)21(24)26-20-17(13-19(23)25-10-3)11-16(14(4)5)12-18(20)15(6)7/h11-12,14-15H,8-10,13H2,1-7H3. The maximum atomic E-state index is 12.5. The molecule has 0 aromatic heterocycles. The molecule has 1 amide bonds. The molecule has 5 nitrogen and oxygen atoms in total. The minimum atomic E-state index is -0.390. The van der Waals surface area contributed by atoms with Crippen LogP contribution in [0.3, 0.4) is 0 Å². The van der Waals surface area contributed by atoms with Gasteiger partial charge in [-0.15, -0.1) is 0 Å². The number of ether oxygens (including phenoxy) is 2. The van der Waals surface area contributed by atoms with Crippen LogP contribution >= 0.6 is 0 Å². The van der Waals surface area contributed by atoms with E-state index in [0.29, 0.717) is 36.9 Å². The number of nitrogens with zero attached hydrogens (tertiary/aromatic N) is 1. The molecule has 0 heterocycles. The number of hydrogen-bond acceptors (Lipinski definition) is 4. The van der Waals surface area contributed by atoms with Gasteiger partial charge >= 0.3 is 12.1 Å². The number of carbonyl (C=O) groups excluding carboxylic acids is 2. The number of hydrogen-bond donors (Lipinski definition) is 0. The van der Waals surface area contributed by atoms with Gasteiger partial charge in [-0.25, -0.2) is 4.79 Å². The van der Waals surface area contributed by atoms with Crippen molar-refractivity contribution in [2.75, 3.05) is 19.7 Å². The molecule has 1 rings (SSSR count). The zero-order valence-corrected chi connectivity index (χ0v) is 17.2. The summed E-state index contributed by atoms with van der Waals surface area (Å²) >= 11 is 0. The average Bonchev–Trinajstić information content (AvgIpc) is 2.56. The number of amides is 1. The fourth-order valence-corrected chi connectivity index (χ4v) is 2.76. The first-order valence-corrected chi connectivity index (χ1v) is 9.54. The second kappa shape index (κ2) is 10.2. The van der Waals surface area contributed by atoms with E-state index in [1.165, 1.54) is 0 Å². The molecule has 1 aromatic carbocycles. The number of carbonyl (C=O) groups is 2. The topological polar surface area (TPSA) is 55.8 Å². The third kappa shape index (κ3) is 5.75. The lowest BCUT2D eigenvalue weighted by Gasteiger charge is -2.23. The molecular weight excluding hydrogens is 330 g/mol. The molecule has 0 aliphatic rings. The minimum Gasteiger partial charge on any atom is -0.466 e. The predicted molar refractivity (Wildman–Crippen MR) is 104 cm³/mol. The Morgan fingerprint density at radius 3 is 2.08 bits per heavy atom. The SMILES string of the molecule is CCOC(=O)Cc1cc(C(C)C)cc(C(C)C)c1OC(=O)N(CC)CC. The lowest BCUT2D eigenvalue weighted by atomic mass is 9.91. The second-order valence-electron chi connectivity index (χ2n) is 6.93. The summed E-state index contributed by atoms with van der Waals surface area (Å²) in [7, 11) is 0. The van der Waals surface area contributed by atoms with E-state index in [9.17, 15) is 9.59 Å². The predicted octanol–water partition coefficient (Wildman–Crippen LogP) is 4.88. The third-order valence-electron chi connectivity index (χ3n) is 4.36. The van der Waals surface area contributed by atoms with Crippen LogP contribution in [0, 0.1) is 0 Å². The zero-order valence-electron chi connectivity index (χ0n) is 17.2. The minimum absolute atomic E-state index is 0.0922. The Balaban J connectivity index is 3.41. The largest absolute Gasteiger partial charge is 0.466 e. The quantitative estimate of drug-likeness (QED) is 0.618. The van der Waals surface area contributed by atoms with E-state index >= 15 is 0 Å². The van der Waals surface area contributed by atoms with E-state index in [4.69, 9.17) is 9.47 Å². The molecule has 0 spiro atoms. The van der Waals surface area contributed by atoms with Gasteiger partial charge in [0.25, 0.3) is 0 Å². The second-order valence-corrected chi connectivity index (χ2v) is 6.93. The molecule has 0 unspecified atom stereocenters. The number of benzene rings is 1. The molecule has 1 aromatic rings. The van der Waals surface area contributed by atoms with Crippen LogP contribution in [0.4, 0.5) is 4.79 Å². The molecule has 146 valence electrons. The summed E-state index contributed by atoms with van der Waals surface area (Å²) in [6, 6.07) is 4.03. The number of esters is 1. The molecule has 5 heteroatoms. The van der Waals surface area contributed by atoms with Crippen molar-refractivity contribution < 1.29 is 19.1 Å². The maximum absolute atomic E-state index is 12.5. The maximum Gasteiger partial charge on any atom is 0.415 e. The first-order valence-electron chi connectivity index (χ1n) is 9.54. The highest BCUT2D eigenvalue weighted by atomic mass is 16.6. The van der Waals surface area contributed by atoms with Crippen LogP contribution in [-0.2, 0) is 16.0 Å². The van der Waals surface area contributed by atoms with E-state index in [2.05, 4.69) is 33.8 Å². The molecule has 26 heavy (non-hydrogen) atoms. The van der Waals surface area contributed by atoms with Gasteiger partial charge < -0.3 is 14.4 Å². The van der Waals surface area contributed by atoms with Crippen molar-refractivity contribution in [2.24, 2.45) is 0 Å². The smallest absolute Gasteiger partial charge is 0.415 e. The van der Waals surface area contributed by atoms with Crippen molar-refractivity contribution in [2.45, 2.75) is 66.7 Å². The van der Waals surface area contributed by atoms with Crippen LogP contribution in [0.5, 0.6) is 5.75 Å². The Hall–Kier alpha value is -2.04. The lowest BCUT2D eigenvalue weighted by Crippen LogP contribution is -2.33. The molecule has 0 radical (unpaired) electrons. The highest BCUT2D eigenvalue weighted by molar-refractivity contribution is 5.76. The van der Waals surface area contributed by atoms with Crippen molar-refractivity contribution >= 4 is 12.1 Å². The van der Waals surface area contributed by atoms with Crippen molar-refractivity contribution in [3.8, 4) is 5.75 Å². The lowest BCUT2D eigenvalue weighted by molar-refractivity contribution is -0.142. The van der Waals surface area contributed by atoms with Crippen LogP contribution in [0.15, 0.2) is 12.1 Å². The van der Waals surface area contributed by atoms with Gasteiger partial charge in [0.05, 0.1) is 13.0 Å². The molecule has 0 atom stereocenters. The van der Waals surface area contributed by atoms with Gasteiger partial charge in [-0.05, 0) is 43.7 Å². The van der Waals surface area contributed by atoms with Gasteiger partial charge in [0.2, 0.25) is 0 Å². The first-order chi connectivity index (χ1) is 12.2. The van der Waals surface area contributed by atoms with E-state index < -0.39 is 0 Å². The summed E-state index contributed by atoms with van der Waals surface area (Å²) in [6.45, 7) is 15.4. The molecule has 0 saturated carbocycles. The normalized spacial score (nSPS) is 11.0. The Morgan fingerprint density at radius 1 is 1.00 bits per heavy atom. The van der Waals surface area contributed by atoms with Gasteiger partial charge in [-0.3, -0.25) is 4.79 Å². The van der Waals surface area contributed by atoms with E-state index in [0.717, 1.165) is 11.1 Å². The molecule has 0 saturated heterocycles. The van der Waals surface area contributed by atoms with Crippen molar-refractivity contribution in [1.29, 1.82) is 0 Å². The zero-order chi connectivity index (χ0) is 19.9. The van der Waals surface area contributed by atoms with E-state index in [-0.39, 0.29) is 24.4 Å². The summed E-state index contributed by atoms with van der Waals surface area (Å²) < 4.78 is 10.9. The summed E-state index contributed by atoms with van der Waals surface area (Å²) in [6.07, 6.45) is -0.297. The molecule has 0 aliphatic carbocycles. The van der Waals surface area contributed by atoms with Crippen LogP contribution < -0.4 is 4.74 Å². The Morgan fingerprint density at radius 2 is 1.62 bits per heavy atom. The van der Waals surface area contributed by atoms with Gasteiger partial charge in [0.15, 0.2) is 0 Å². The van der Waals surface area contributed by atoms with Crippen molar-refractivity contribution in [1.82, 2.24) is 4.90 Å². The molecule has 0 aliphatic heterocycles. The Bertz CT molecular complexity index is 619. The summed E-state index contributed by atoms with van der Waals surface area (Å²) in [5.41, 5.74) is 2.77. The van der Waals surface area contributed by atoms with Crippen LogP contribution in [0.25, 0.3) is 0 Å². The van der Waals surface area contributed by atoms with Gasteiger partial charge in [-0.1, -0.05) is 39.8 Å². The summed E-state index contributed by atoms with van der Waals surface area (Å²) in [5, 5.41) is 0. The summed E-state index contributed by atoms with van der Waals surface area (Å²) in [5.74, 6) is 0.646. The van der Waals surface area contributed by atoms with Crippen molar-refractivity contribution in [3.63, 3.8) is 0 Å². The van der Waals surface area contributed by atoms with Gasteiger partial charge in [-0.2, -0.15) is 0 Å². The third-order valence-corrected chi connectivity index (χ3v) is 4.36. The molecular formula is C21H33NO4. The average molecular weight is 363 g/mol. The molecule has 0 bridgehead atoms. The number of rotatable bonds is 8. The van der Waals surface area contributed by atoms with Crippen molar-refractivity contribution in [3.05, 3.63) is 28.8 Å². The van der Waals surface area contributed by atoms with E-state index in [1.807, 2.05) is 19.9 Å². The van der Waals surface area contributed by atoms with E-state index in [1.54, 1.807) is 11.8 Å². The van der Waals surface area contributed by atoms with Gasteiger partial charge in [0.1, 0.15) is 5.75 Å². The fraction of sp³-hybridized carbons (Fsp3) is 0.619. The summed E-state index contributed by atoms with van der Waals surface area (Å²) in [4.78, 5) is 26.2. The van der Waals surface area contributed by atoms with Crippen LogP contribution in [0.2, 0.25) is 0 Å². The van der Waals surface area contributed by atoms with Crippen LogP contribution in [-0.4, -0.2) is 36.7 Å². The Kier molecular flexibility index (Phi) is 8.62.